The van der Waals surface area contributed by atoms with Crippen LogP contribution in [-0.4, -0.2) is 35.5 Å². The number of amides is 1. The minimum absolute atomic E-state index is 0.0166. The van der Waals surface area contributed by atoms with Gasteiger partial charge in [-0.25, -0.2) is 0 Å². The number of carboxylic acid groups (broad SMARTS) is 1. The summed E-state index contributed by atoms with van der Waals surface area (Å²) in [6.07, 6.45) is 1.49. The second kappa shape index (κ2) is 6.40. The average Bonchev–Trinajstić information content (AvgIpc) is 2.13. The first-order valence-electron chi connectivity index (χ1n) is 4.93. The number of nitrogens with zero attached hydrogens (tertiary/aromatic N) is 1. The van der Waals surface area contributed by atoms with Gasteiger partial charge in [-0.1, -0.05) is 20.3 Å². The molecule has 0 heterocycles. The van der Waals surface area contributed by atoms with E-state index in [-0.39, 0.29) is 12.3 Å². The molecule has 4 nitrogen and oxygen atoms in total. The summed E-state index contributed by atoms with van der Waals surface area (Å²) in [6, 6.07) is 0. The molecule has 0 rings (SSSR count). The lowest BCUT2D eigenvalue weighted by Crippen LogP contribution is -2.30. The van der Waals surface area contributed by atoms with Crippen LogP contribution >= 0.6 is 0 Å². The summed E-state index contributed by atoms with van der Waals surface area (Å²) in [5.74, 6) is -0.469. The Hall–Kier alpha value is -1.06. The minimum Gasteiger partial charge on any atom is -0.481 e. The van der Waals surface area contributed by atoms with Gasteiger partial charge in [-0.3, -0.25) is 9.59 Å². The predicted molar refractivity (Wildman–Crippen MR) is 54.0 cm³/mol. The number of carboxylic acids is 1. The molecule has 0 aromatic carbocycles. The zero-order valence-corrected chi connectivity index (χ0v) is 9.12. The van der Waals surface area contributed by atoms with Crippen molar-refractivity contribution in [3.63, 3.8) is 0 Å². The molecule has 82 valence electrons. The maximum atomic E-state index is 11.5. The van der Waals surface area contributed by atoms with Crippen molar-refractivity contribution in [2.45, 2.75) is 33.1 Å². The van der Waals surface area contributed by atoms with Crippen LogP contribution in [0.1, 0.15) is 33.1 Å². The Kier molecular flexibility index (Phi) is 5.92. The van der Waals surface area contributed by atoms with Crippen molar-refractivity contribution in [3.8, 4) is 0 Å². The second-order valence-electron chi connectivity index (χ2n) is 3.68. The van der Waals surface area contributed by atoms with Crippen molar-refractivity contribution in [2.24, 2.45) is 5.92 Å². The Morgan fingerprint density at radius 2 is 2.00 bits per heavy atom. The maximum Gasteiger partial charge on any atom is 0.305 e. The highest BCUT2D eigenvalue weighted by Gasteiger charge is 2.12. The van der Waals surface area contributed by atoms with E-state index >= 15 is 0 Å². The first kappa shape index (κ1) is 12.9. The van der Waals surface area contributed by atoms with Gasteiger partial charge in [-0.05, 0) is 5.92 Å². The van der Waals surface area contributed by atoms with E-state index in [0.29, 0.717) is 18.9 Å². The molecule has 4 heteroatoms. The van der Waals surface area contributed by atoms with Crippen molar-refractivity contribution in [3.05, 3.63) is 0 Å². The highest BCUT2D eigenvalue weighted by atomic mass is 16.4. The van der Waals surface area contributed by atoms with Gasteiger partial charge in [0.1, 0.15) is 0 Å². The normalized spacial score (nSPS) is 12.2. The fraction of sp³-hybridized carbons (Fsp3) is 0.800. The highest BCUT2D eigenvalue weighted by Crippen LogP contribution is 2.08. The van der Waals surface area contributed by atoms with E-state index in [4.69, 9.17) is 5.11 Å². The van der Waals surface area contributed by atoms with Gasteiger partial charge in [0.25, 0.3) is 0 Å². The van der Waals surface area contributed by atoms with Crippen LogP contribution in [0.2, 0.25) is 0 Å². The standard InChI is InChI=1S/C10H19NO3/c1-4-8(2)7-9(12)11(3)6-5-10(13)14/h8H,4-7H2,1-3H3,(H,13,14). The minimum atomic E-state index is -0.867. The van der Waals surface area contributed by atoms with Gasteiger partial charge in [-0.15, -0.1) is 0 Å². The lowest BCUT2D eigenvalue weighted by atomic mass is 10.0. The van der Waals surface area contributed by atoms with Crippen LogP contribution in [0.25, 0.3) is 0 Å². The number of carbonyl (C=O) groups excluding carboxylic acids is 1. The number of aliphatic carboxylic acids is 1. The van der Waals surface area contributed by atoms with Crippen LogP contribution in [0.4, 0.5) is 0 Å². The first-order chi connectivity index (χ1) is 6.47. The van der Waals surface area contributed by atoms with E-state index in [1.54, 1.807) is 7.05 Å². The first-order valence-corrected chi connectivity index (χ1v) is 4.93. The Balaban J connectivity index is 3.81. The fourth-order valence-electron chi connectivity index (χ4n) is 0.986. The Labute approximate surface area is 84.9 Å². The smallest absolute Gasteiger partial charge is 0.305 e. The zero-order chi connectivity index (χ0) is 11.1. The maximum absolute atomic E-state index is 11.5. The van der Waals surface area contributed by atoms with E-state index in [9.17, 15) is 9.59 Å². The van der Waals surface area contributed by atoms with Gasteiger partial charge in [0.2, 0.25) is 5.91 Å². The van der Waals surface area contributed by atoms with E-state index in [2.05, 4.69) is 0 Å². The van der Waals surface area contributed by atoms with Crippen LogP contribution < -0.4 is 0 Å². The molecular formula is C10H19NO3. The number of hydrogen-bond donors (Lipinski definition) is 1. The Morgan fingerprint density at radius 1 is 1.43 bits per heavy atom. The van der Waals surface area contributed by atoms with E-state index in [1.807, 2.05) is 13.8 Å². The molecular weight excluding hydrogens is 182 g/mol. The molecule has 0 saturated heterocycles. The van der Waals surface area contributed by atoms with E-state index < -0.39 is 5.97 Å². The van der Waals surface area contributed by atoms with Gasteiger partial charge in [0.05, 0.1) is 6.42 Å². The molecule has 0 aromatic rings. The van der Waals surface area contributed by atoms with Crippen molar-refractivity contribution in [1.29, 1.82) is 0 Å². The van der Waals surface area contributed by atoms with Crippen LogP contribution in [0, 0.1) is 5.92 Å². The van der Waals surface area contributed by atoms with Crippen LogP contribution in [-0.2, 0) is 9.59 Å². The Morgan fingerprint density at radius 3 is 2.43 bits per heavy atom. The largest absolute Gasteiger partial charge is 0.481 e. The molecule has 0 bridgehead atoms. The molecule has 0 aliphatic rings. The van der Waals surface area contributed by atoms with Crippen molar-refractivity contribution in [2.75, 3.05) is 13.6 Å². The molecule has 0 radical (unpaired) electrons. The fourth-order valence-corrected chi connectivity index (χ4v) is 0.986. The molecule has 0 aliphatic heterocycles. The van der Waals surface area contributed by atoms with Crippen molar-refractivity contribution >= 4 is 11.9 Å². The lowest BCUT2D eigenvalue weighted by molar-refractivity contribution is -0.138. The molecule has 0 saturated carbocycles. The molecule has 14 heavy (non-hydrogen) atoms. The molecule has 1 unspecified atom stereocenters. The van der Waals surface area contributed by atoms with Gasteiger partial charge >= 0.3 is 5.97 Å². The van der Waals surface area contributed by atoms with E-state index in [1.165, 1.54) is 4.90 Å². The summed E-state index contributed by atoms with van der Waals surface area (Å²) < 4.78 is 0. The van der Waals surface area contributed by atoms with Crippen LogP contribution in [0.3, 0.4) is 0 Å². The molecule has 0 spiro atoms. The average molecular weight is 201 g/mol. The topological polar surface area (TPSA) is 57.6 Å². The number of hydrogen-bond acceptors (Lipinski definition) is 2. The van der Waals surface area contributed by atoms with Crippen LogP contribution in [0.5, 0.6) is 0 Å². The number of rotatable bonds is 6. The zero-order valence-electron chi connectivity index (χ0n) is 9.12. The Bertz CT molecular complexity index is 204. The van der Waals surface area contributed by atoms with Gasteiger partial charge in [-0.2, -0.15) is 0 Å². The summed E-state index contributed by atoms with van der Waals surface area (Å²) in [5, 5.41) is 8.43. The lowest BCUT2D eigenvalue weighted by Gasteiger charge is -2.17. The molecule has 1 atom stereocenters. The summed E-state index contributed by atoms with van der Waals surface area (Å²) in [7, 11) is 1.65. The molecule has 1 N–H and O–H groups in total. The summed E-state index contributed by atoms with van der Waals surface area (Å²) in [4.78, 5) is 23.2. The summed E-state index contributed by atoms with van der Waals surface area (Å²) >= 11 is 0. The molecule has 0 aromatic heterocycles. The second-order valence-corrected chi connectivity index (χ2v) is 3.68. The number of carbonyl (C=O) groups is 2. The molecule has 0 aliphatic carbocycles. The third-order valence-electron chi connectivity index (χ3n) is 2.31. The van der Waals surface area contributed by atoms with Crippen molar-refractivity contribution in [1.82, 2.24) is 4.90 Å². The SMILES string of the molecule is CCC(C)CC(=O)N(C)CCC(=O)O. The monoisotopic (exact) mass is 201 g/mol. The molecule has 0 fully saturated rings. The summed E-state index contributed by atoms with van der Waals surface area (Å²) in [5.41, 5.74) is 0. The quantitative estimate of drug-likeness (QED) is 0.705. The molecule has 1 amide bonds. The van der Waals surface area contributed by atoms with Gasteiger partial charge in [0.15, 0.2) is 0 Å². The van der Waals surface area contributed by atoms with Gasteiger partial charge in [0, 0.05) is 20.0 Å². The predicted octanol–water partition coefficient (Wildman–Crippen LogP) is 1.36. The summed E-state index contributed by atoms with van der Waals surface area (Å²) in [6.45, 7) is 4.35. The third-order valence-corrected chi connectivity index (χ3v) is 2.31. The van der Waals surface area contributed by atoms with E-state index in [0.717, 1.165) is 6.42 Å². The van der Waals surface area contributed by atoms with Gasteiger partial charge < -0.3 is 10.0 Å². The highest BCUT2D eigenvalue weighted by molar-refractivity contribution is 5.76. The van der Waals surface area contributed by atoms with Crippen molar-refractivity contribution < 1.29 is 14.7 Å². The van der Waals surface area contributed by atoms with Crippen LogP contribution in [0.15, 0.2) is 0 Å². The third kappa shape index (κ3) is 5.56.